The molecule has 0 aliphatic carbocycles. The van der Waals surface area contributed by atoms with E-state index in [9.17, 15) is 35.6 Å². The molecule has 0 radical (unpaired) electrons. The van der Waals surface area contributed by atoms with Gasteiger partial charge in [0.25, 0.3) is 11.4 Å². The highest BCUT2D eigenvalue weighted by Gasteiger charge is 2.30. The van der Waals surface area contributed by atoms with E-state index in [1.807, 2.05) is 0 Å². The Labute approximate surface area is 128 Å². The fourth-order valence-corrected chi connectivity index (χ4v) is 1.77. The maximum absolute atomic E-state index is 11.0. The van der Waals surface area contributed by atoms with Gasteiger partial charge in [-0.15, -0.1) is 5.01 Å². The van der Waals surface area contributed by atoms with E-state index < -0.39 is 40.0 Å². The van der Waals surface area contributed by atoms with Gasteiger partial charge in [-0.1, -0.05) is 0 Å². The molecule has 2 unspecified atom stereocenters. The number of likely N-dealkylation sites (N-methyl/N-ethyl adjacent to an activating group) is 1. The molecule has 1 rings (SSSR count). The quantitative estimate of drug-likeness (QED) is 0.269. The maximum atomic E-state index is 11.0. The second-order valence-electron chi connectivity index (χ2n) is 4.45. The van der Waals surface area contributed by atoms with E-state index in [0.29, 0.717) is 11.1 Å². The number of aliphatic hydroxyl groups excluding tert-OH is 2. The van der Waals surface area contributed by atoms with E-state index >= 15 is 0 Å². The lowest BCUT2D eigenvalue weighted by Crippen LogP contribution is -2.37. The molecule has 3 N–H and O–H groups in total. The molecule has 1 aromatic rings. The molecule has 0 amide bonds. The Morgan fingerprint density at radius 3 is 2.30 bits per heavy atom. The van der Waals surface area contributed by atoms with Gasteiger partial charge in [0.05, 0.1) is 33.5 Å². The van der Waals surface area contributed by atoms with Gasteiger partial charge >= 0.3 is 0 Å². The van der Waals surface area contributed by atoms with Crippen molar-refractivity contribution < 1.29 is 30.2 Å². The Balaban J connectivity index is 3.09. The van der Waals surface area contributed by atoms with Crippen LogP contribution >= 0.6 is 0 Å². The van der Waals surface area contributed by atoms with Gasteiger partial charge in [-0.25, -0.2) is 0 Å². The number of nitrogens with zero attached hydrogens (tertiary/aromatic N) is 5. The first-order valence-electron chi connectivity index (χ1n) is 6.01. The summed E-state index contributed by atoms with van der Waals surface area (Å²) in [6.07, 6.45) is -3.47. The lowest BCUT2D eigenvalue weighted by Gasteiger charge is -2.21. The van der Waals surface area contributed by atoms with Crippen molar-refractivity contribution in [2.24, 2.45) is 5.28 Å². The molecule has 23 heavy (non-hydrogen) atoms. The lowest BCUT2D eigenvalue weighted by molar-refractivity contribution is -0.705. The van der Waals surface area contributed by atoms with Crippen LogP contribution in [0, 0.1) is 25.4 Å². The number of benzene rings is 1. The average molecular weight is 331 g/mol. The third-order valence-corrected chi connectivity index (χ3v) is 2.92. The fourth-order valence-electron chi connectivity index (χ4n) is 1.77. The van der Waals surface area contributed by atoms with Crippen molar-refractivity contribution in [3.8, 4) is 0 Å². The smallest absolute Gasteiger partial charge is 0.282 e. The van der Waals surface area contributed by atoms with Crippen molar-refractivity contribution in [1.29, 1.82) is 0 Å². The Morgan fingerprint density at radius 1 is 1.22 bits per heavy atom. The lowest BCUT2D eigenvalue weighted by atomic mass is 10.0. The van der Waals surface area contributed by atoms with Crippen LogP contribution in [0.2, 0.25) is 0 Å². The first-order chi connectivity index (χ1) is 10.7. The zero-order valence-electron chi connectivity index (χ0n) is 11.7. The van der Waals surface area contributed by atoms with Gasteiger partial charge in [0.15, 0.2) is 0 Å². The average Bonchev–Trinajstić information content (AvgIpc) is 2.52. The number of aliphatic hydroxyl groups is 2. The Bertz CT molecular complexity index is 636. The van der Waals surface area contributed by atoms with Crippen molar-refractivity contribution in [3.05, 3.63) is 49.2 Å². The molecule has 0 saturated heterocycles. The van der Waals surface area contributed by atoms with Gasteiger partial charge in [0.1, 0.15) is 18.8 Å². The van der Waals surface area contributed by atoms with Crippen LogP contribution in [0.4, 0.5) is 11.4 Å². The minimum absolute atomic E-state index is 0.278. The second-order valence-corrected chi connectivity index (χ2v) is 4.45. The van der Waals surface area contributed by atoms with E-state index in [2.05, 4.69) is 5.28 Å². The standard InChI is InChI=1S/C10H13N5O8/c1-12(15(23)11-18)5-9(16)10(17)7-3-2-6(13(19)20)4-8(7)14(21)22/h2-4,9-10,16-18H,5H2,1H3. The molecule has 0 aromatic heterocycles. The van der Waals surface area contributed by atoms with Crippen LogP contribution in [0.25, 0.3) is 0 Å². The zero-order chi connectivity index (χ0) is 17.7. The van der Waals surface area contributed by atoms with E-state index in [4.69, 9.17) is 5.21 Å². The monoisotopic (exact) mass is 331 g/mol. The predicted octanol–water partition coefficient (Wildman–Crippen LogP) is 0.0958. The van der Waals surface area contributed by atoms with Gasteiger partial charge in [0, 0.05) is 6.07 Å². The first kappa shape index (κ1) is 18.0. The summed E-state index contributed by atoms with van der Waals surface area (Å²) in [7, 11) is 1.13. The topological polar surface area (TPSA) is 189 Å². The molecular formula is C10H13N5O8. The van der Waals surface area contributed by atoms with Gasteiger partial charge < -0.3 is 20.6 Å². The molecule has 2 atom stereocenters. The molecule has 0 heterocycles. The summed E-state index contributed by atoms with van der Waals surface area (Å²) in [6.45, 7) is -0.525. The van der Waals surface area contributed by atoms with Gasteiger partial charge in [0.2, 0.25) is 5.28 Å². The number of non-ortho nitro benzene ring substituents is 1. The Kier molecular flexibility index (Phi) is 5.69. The highest BCUT2D eigenvalue weighted by Crippen LogP contribution is 2.31. The first-order valence-corrected chi connectivity index (χ1v) is 6.01. The molecule has 0 spiro atoms. The van der Waals surface area contributed by atoms with Gasteiger partial charge in [-0.3, -0.25) is 20.2 Å². The molecule has 0 saturated carbocycles. The molecule has 1 aromatic carbocycles. The maximum Gasteiger partial charge on any atom is 0.282 e. The summed E-state index contributed by atoms with van der Waals surface area (Å²) in [5.74, 6) is 0. The fraction of sp³-hybridized carbons (Fsp3) is 0.400. The number of nitro benzene ring substituents is 2. The molecule has 0 bridgehead atoms. The summed E-state index contributed by atoms with van der Waals surface area (Å²) in [4.78, 5) is 19.5. The van der Waals surface area contributed by atoms with Gasteiger partial charge in [-0.05, 0) is 6.07 Å². The predicted molar refractivity (Wildman–Crippen MR) is 71.2 cm³/mol. The Hall–Kier alpha value is -3.06. The molecule has 13 nitrogen and oxygen atoms in total. The zero-order valence-corrected chi connectivity index (χ0v) is 11.7. The molecule has 126 valence electrons. The molecule has 0 aliphatic heterocycles. The van der Waals surface area contributed by atoms with Crippen molar-refractivity contribution in [3.63, 3.8) is 0 Å². The van der Waals surface area contributed by atoms with Crippen molar-refractivity contribution >= 4 is 11.4 Å². The number of hydrogen-bond acceptors (Lipinski definition) is 8. The summed E-state index contributed by atoms with van der Waals surface area (Å²) < 4.78 is 0. The summed E-state index contributed by atoms with van der Waals surface area (Å²) >= 11 is 0. The van der Waals surface area contributed by atoms with Crippen LogP contribution < -0.4 is 0 Å². The van der Waals surface area contributed by atoms with Crippen LogP contribution in [0.3, 0.4) is 0 Å². The van der Waals surface area contributed by atoms with Crippen molar-refractivity contribution in [2.45, 2.75) is 12.2 Å². The van der Waals surface area contributed by atoms with E-state index in [1.165, 1.54) is 0 Å². The van der Waals surface area contributed by atoms with E-state index in [1.54, 1.807) is 0 Å². The third kappa shape index (κ3) is 4.21. The highest BCUT2D eigenvalue weighted by atomic mass is 16.6. The largest absolute Gasteiger partial charge is 0.569 e. The molecule has 13 heteroatoms. The summed E-state index contributed by atoms with van der Waals surface area (Å²) in [5, 5.41) is 63.6. The van der Waals surface area contributed by atoms with Crippen LogP contribution in [0.15, 0.2) is 23.5 Å². The summed E-state index contributed by atoms with van der Waals surface area (Å²) in [6, 6.07) is 2.53. The Morgan fingerprint density at radius 2 is 1.83 bits per heavy atom. The van der Waals surface area contributed by atoms with Crippen LogP contribution in [0.5, 0.6) is 0 Å². The van der Waals surface area contributed by atoms with Crippen LogP contribution in [-0.4, -0.2) is 54.9 Å². The number of rotatable bonds is 7. The molecule has 0 aliphatic rings. The van der Waals surface area contributed by atoms with E-state index in [0.717, 1.165) is 19.2 Å². The van der Waals surface area contributed by atoms with Crippen molar-refractivity contribution in [2.75, 3.05) is 13.6 Å². The minimum Gasteiger partial charge on any atom is -0.569 e. The highest BCUT2D eigenvalue weighted by molar-refractivity contribution is 5.50. The number of hydrogen-bond donors (Lipinski definition) is 3. The number of hydrazine groups is 1. The molecular weight excluding hydrogens is 318 g/mol. The third-order valence-electron chi connectivity index (χ3n) is 2.92. The second kappa shape index (κ2) is 7.28. The normalized spacial score (nSPS) is 14.1. The molecule has 0 fully saturated rings. The minimum atomic E-state index is -1.80. The van der Waals surface area contributed by atoms with Crippen molar-refractivity contribution in [1.82, 2.24) is 5.01 Å². The van der Waals surface area contributed by atoms with Gasteiger partial charge in [-0.2, -0.15) is 0 Å². The summed E-state index contributed by atoms with van der Waals surface area (Å²) in [5.41, 5.74) is -1.66. The van der Waals surface area contributed by atoms with Crippen LogP contribution in [0.1, 0.15) is 11.7 Å². The van der Waals surface area contributed by atoms with E-state index in [-0.39, 0.29) is 10.5 Å². The van der Waals surface area contributed by atoms with Crippen LogP contribution in [-0.2, 0) is 0 Å². The SMILES string of the molecule is CN(CC(O)C(O)c1ccc([N+](=O)[O-])cc1[N+](=O)[O-])[N+]([O-])=NO. The number of nitro groups is 2.